The van der Waals surface area contributed by atoms with Crippen molar-refractivity contribution in [3.05, 3.63) is 95.7 Å². The maximum Gasteiger partial charge on any atom is 0.415 e. The van der Waals surface area contributed by atoms with Gasteiger partial charge in [-0.25, -0.2) is 9.59 Å². The monoisotopic (exact) mass is 809 g/mol. The predicted molar refractivity (Wildman–Crippen MR) is 213 cm³/mol. The lowest BCUT2D eigenvalue weighted by atomic mass is 9.95. The second-order valence-corrected chi connectivity index (χ2v) is 14.3. The number of halogens is 1. The maximum absolute atomic E-state index is 14.2. The van der Waals surface area contributed by atoms with E-state index in [1.54, 1.807) is 64.4 Å². The highest BCUT2D eigenvalue weighted by molar-refractivity contribution is 9.09. The Kier molecular flexibility index (Phi) is 11.0. The average Bonchev–Trinajstić information content (AvgIpc) is 3.78. The quantitative estimate of drug-likeness (QED) is 0.131. The standard InChI is InChI=1S/C40H40BrN7O7/c1-24(49)43-28-9-7-25(8-10-28)23-54-39(52)42-21-36(50)44-29-11-12-32-26(17-29)18-33(45-32)38(51)48-22-27(20-41)37-31-6-4-3-5-30(31)35(19-34(37)48)55-40(53)47-15-13-46(2)14-16-47/h3-12,17-19,27,45H,13-16,20-23H2,1-2H3,(H,42,52)(H,43,49)(H,44,50)/t27-/m1/s1. The summed E-state index contributed by atoms with van der Waals surface area (Å²) in [5, 5.41) is 10.9. The van der Waals surface area contributed by atoms with E-state index in [4.69, 9.17) is 9.47 Å². The number of anilines is 3. The van der Waals surface area contributed by atoms with Crippen LogP contribution in [0, 0.1) is 0 Å². The molecule has 0 unspecified atom stereocenters. The minimum Gasteiger partial charge on any atom is -0.445 e. The number of nitrogens with one attached hydrogen (secondary N) is 4. The van der Waals surface area contributed by atoms with Crippen molar-refractivity contribution in [3.63, 3.8) is 0 Å². The number of likely N-dealkylation sites (N-methyl/N-ethyl adjacent to an activating group) is 1. The molecular formula is C40H40BrN7O7. The molecule has 1 aromatic heterocycles. The number of rotatable bonds is 9. The fraction of sp³-hybridized carbons (Fsp3) is 0.275. The number of hydrogen-bond acceptors (Lipinski definition) is 8. The molecule has 0 saturated carbocycles. The summed E-state index contributed by atoms with van der Waals surface area (Å²) in [6.07, 6.45) is -1.17. The summed E-state index contributed by atoms with van der Waals surface area (Å²) in [5.74, 6) is -0.487. The summed E-state index contributed by atoms with van der Waals surface area (Å²) < 4.78 is 11.2. The maximum atomic E-state index is 14.2. The van der Waals surface area contributed by atoms with Crippen LogP contribution in [-0.2, 0) is 20.9 Å². The summed E-state index contributed by atoms with van der Waals surface area (Å²) in [6, 6.07) is 23.4. The third-order valence-electron chi connectivity index (χ3n) is 9.69. The highest BCUT2D eigenvalue weighted by atomic mass is 79.9. The van der Waals surface area contributed by atoms with Gasteiger partial charge in [0.15, 0.2) is 0 Å². The number of nitrogens with zero attached hydrogens (tertiary/aromatic N) is 3. The first-order valence-electron chi connectivity index (χ1n) is 17.8. The van der Waals surface area contributed by atoms with Crippen molar-refractivity contribution in [3.8, 4) is 5.75 Å². The number of alkyl halides is 1. The van der Waals surface area contributed by atoms with Gasteiger partial charge in [-0.1, -0.05) is 52.3 Å². The molecule has 0 radical (unpaired) electrons. The van der Waals surface area contributed by atoms with Gasteiger partial charge in [-0.2, -0.15) is 0 Å². The molecule has 1 fully saturated rings. The van der Waals surface area contributed by atoms with Crippen molar-refractivity contribution in [1.29, 1.82) is 0 Å². The molecule has 3 heterocycles. The minimum absolute atomic E-state index is 0.00558. The Bertz CT molecular complexity index is 2290. The van der Waals surface area contributed by atoms with Crippen molar-refractivity contribution < 1.29 is 33.4 Å². The molecule has 4 N–H and O–H groups in total. The first-order valence-corrected chi connectivity index (χ1v) is 19.0. The zero-order valence-corrected chi connectivity index (χ0v) is 31.9. The molecule has 14 nitrogen and oxygen atoms in total. The van der Waals surface area contributed by atoms with E-state index in [9.17, 15) is 24.0 Å². The number of aromatic nitrogens is 1. The molecule has 1 saturated heterocycles. The van der Waals surface area contributed by atoms with Gasteiger partial charge in [0, 0.05) is 84.6 Å². The van der Waals surface area contributed by atoms with E-state index in [0.717, 1.165) is 29.4 Å². The molecule has 5 amide bonds. The lowest BCUT2D eigenvalue weighted by Gasteiger charge is -2.31. The van der Waals surface area contributed by atoms with E-state index in [1.807, 2.05) is 31.3 Å². The smallest absolute Gasteiger partial charge is 0.415 e. The SMILES string of the molecule is CC(=O)Nc1ccc(COC(=O)NCC(=O)Nc2ccc3[nH]c(C(=O)N4C[C@@H](CBr)c5c4cc(OC(=O)N4CCN(C)CC4)c4ccccc54)cc3c2)cc1. The molecule has 5 aromatic rings. The van der Waals surface area contributed by atoms with E-state index in [0.29, 0.717) is 69.9 Å². The molecule has 1 atom stereocenters. The van der Waals surface area contributed by atoms with E-state index in [1.165, 1.54) is 6.92 Å². The first kappa shape index (κ1) is 37.4. The molecule has 2 aliphatic heterocycles. The van der Waals surface area contributed by atoms with Gasteiger partial charge in [0.2, 0.25) is 11.8 Å². The molecule has 284 valence electrons. The summed E-state index contributed by atoms with van der Waals surface area (Å²) in [4.78, 5) is 72.4. The van der Waals surface area contributed by atoms with E-state index >= 15 is 0 Å². The van der Waals surface area contributed by atoms with Gasteiger partial charge < -0.3 is 45.1 Å². The van der Waals surface area contributed by atoms with Crippen LogP contribution in [0.2, 0.25) is 0 Å². The third kappa shape index (κ3) is 8.42. The number of hydrogen-bond donors (Lipinski definition) is 4. The average molecular weight is 811 g/mol. The number of carbonyl (C=O) groups excluding carboxylic acids is 5. The zero-order valence-electron chi connectivity index (χ0n) is 30.3. The molecule has 0 spiro atoms. The number of carbonyl (C=O) groups is 5. The number of H-pyrrole nitrogens is 1. The molecule has 7 rings (SSSR count). The first-order chi connectivity index (χ1) is 26.6. The van der Waals surface area contributed by atoms with Gasteiger partial charge in [-0.15, -0.1) is 0 Å². The summed E-state index contributed by atoms with van der Waals surface area (Å²) in [7, 11) is 2.02. The van der Waals surface area contributed by atoms with E-state index in [2.05, 4.69) is 41.8 Å². The van der Waals surface area contributed by atoms with Crippen LogP contribution in [0.4, 0.5) is 26.7 Å². The summed E-state index contributed by atoms with van der Waals surface area (Å²) in [6.45, 7) is 4.19. The topological polar surface area (TPSA) is 165 Å². The number of aromatic amines is 1. The molecule has 2 aliphatic rings. The number of benzene rings is 4. The number of piperazine rings is 1. The van der Waals surface area contributed by atoms with Gasteiger partial charge >= 0.3 is 12.2 Å². The van der Waals surface area contributed by atoms with Crippen LogP contribution in [0.25, 0.3) is 21.7 Å². The fourth-order valence-electron chi connectivity index (χ4n) is 6.88. The Labute approximate surface area is 325 Å². The van der Waals surface area contributed by atoms with Crippen molar-refractivity contribution in [1.82, 2.24) is 20.1 Å². The number of ether oxygens (including phenoxy) is 2. The van der Waals surface area contributed by atoms with Crippen molar-refractivity contribution in [2.45, 2.75) is 19.4 Å². The highest BCUT2D eigenvalue weighted by Crippen LogP contribution is 2.46. The Morgan fingerprint density at radius 3 is 2.33 bits per heavy atom. The van der Waals surface area contributed by atoms with Crippen LogP contribution in [0.15, 0.2) is 78.9 Å². The third-order valence-corrected chi connectivity index (χ3v) is 10.5. The highest BCUT2D eigenvalue weighted by Gasteiger charge is 2.36. The second kappa shape index (κ2) is 16.2. The largest absolute Gasteiger partial charge is 0.445 e. The molecule has 0 bridgehead atoms. The Hall–Kier alpha value is -5.93. The van der Waals surface area contributed by atoms with Gasteiger partial charge in [-0.3, -0.25) is 14.4 Å². The number of fused-ring (bicyclic) bond motifs is 4. The van der Waals surface area contributed by atoms with Crippen molar-refractivity contribution in [2.24, 2.45) is 0 Å². The van der Waals surface area contributed by atoms with E-state index < -0.39 is 18.1 Å². The normalized spacial score (nSPS) is 15.4. The van der Waals surface area contributed by atoms with E-state index in [-0.39, 0.29) is 30.9 Å². The fourth-order valence-corrected chi connectivity index (χ4v) is 7.41. The minimum atomic E-state index is -0.760. The lowest BCUT2D eigenvalue weighted by Crippen LogP contribution is -2.48. The van der Waals surface area contributed by atoms with Crippen LogP contribution < -0.4 is 25.6 Å². The van der Waals surface area contributed by atoms with Gasteiger partial charge in [0.1, 0.15) is 24.6 Å². The van der Waals surface area contributed by atoms with Crippen LogP contribution in [-0.4, -0.2) is 96.3 Å². The second-order valence-electron chi connectivity index (χ2n) is 13.6. The lowest BCUT2D eigenvalue weighted by molar-refractivity contribution is -0.115. The number of amides is 5. The molecule has 55 heavy (non-hydrogen) atoms. The van der Waals surface area contributed by atoms with Crippen molar-refractivity contribution in [2.75, 3.05) is 67.2 Å². The van der Waals surface area contributed by atoms with Crippen LogP contribution >= 0.6 is 15.9 Å². The Morgan fingerprint density at radius 2 is 1.60 bits per heavy atom. The molecule has 4 aromatic carbocycles. The Balaban J connectivity index is 1.01. The van der Waals surface area contributed by atoms with Crippen LogP contribution in [0.3, 0.4) is 0 Å². The van der Waals surface area contributed by atoms with Crippen molar-refractivity contribution >= 4 is 84.6 Å². The zero-order chi connectivity index (χ0) is 38.6. The van der Waals surface area contributed by atoms with Crippen LogP contribution in [0.1, 0.15) is 34.5 Å². The summed E-state index contributed by atoms with van der Waals surface area (Å²) >= 11 is 3.66. The van der Waals surface area contributed by atoms with Gasteiger partial charge in [0.25, 0.3) is 5.91 Å². The molecule has 0 aliphatic carbocycles. The van der Waals surface area contributed by atoms with Gasteiger partial charge in [-0.05, 0) is 60.0 Å². The predicted octanol–water partition coefficient (Wildman–Crippen LogP) is 6.03. The van der Waals surface area contributed by atoms with Gasteiger partial charge in [0.05, 0.1) is 5.69 Å². The number of alkyl carbamates (subject to hydrolysis) is 1. The Morgan fingerprint density at radius 1 is 0.873 bits per heavy atom. The van der Waals surface area contributed by atoms with Crippen LogP contribution in [0.5, 0.6) is 5.75 Å². The summed E-state index contributed by atoms with van der Waals surface area (Å²) in [5.41, 5.74) is 4.58. The molecule has 15 heteroatoms. The molecular weight excluding hydrogens is 770 g/mol.